The van der Waals surface area contributed by atoms with E-state index in [1.165, 1.54) is 5.56 Å². The van der Waals surface area contributed by atoms with Crippen LogP contribution in [0.5, 0.6) is 17.2 Å². The fraction of sp³-hybridized carbons (Fsp3) is 0.0952. The third kappa shape index (κ3) is 4.38. The van der Waals surface area contributed by atoms with Crippen LogP contribution in [0.25, 0.3) is 0 Å². The van der Waals surface area contributed by atoms with Crippen molar-refractivity contribution in [2.24, 2.45) is 0 Å². The van der Waals surface area contributed by atoms with Gasteiger partial charge in [-0.05, 0) is 55.5 Å². The van der Waals surface area contributed by atoms with Crippen LogP contribution in [0.1, 0.15) is 15.9 Å². The summed E-state index contributed by atoms with van der Waals surface area (Å²) in [7, 11) is 1.59. The molecule has 0 unspecified atom stereocenters. The molecule has 3 rings (SSSR count). The number of nitrogens with one attached hydrogen (secondary N) is 1. The van der Waals surface area contributed by atoms with E-state index in [1.807, 2.05) is 49.4 Å². The fourth-order valence-corrected chi connectivity index (χ4v) is 2.32. The van der Waals surface area contributed by atoms with Crippen molar-refractivity contribution in [1.82, 2.24) is 0 Å². The minimum atomic E-state index is -0.185. The number of ether oxygens (including phenoxy) is 2. The number of rotatable bonds is 5. The van der Waals surface area contributed by atoms with Gasteiger partial charge in [-0.3, -0.25) is 4.79 Å². The molecule has 4 nitrogen and oxygen atoms in total. The second-order valence-electron chi connectivity index (χ2n) is 5.63. The lowest BCUT2D eigenvalue weighted by atomic mass is 10.2. The van der Waals surface area contributed by atoms with Crippen molar-refractivity contribution >= 4 is 11.6 Å². The first-order valence-electron chi connectivity index (χ1n) is 7.94. The van der Waals surface area contributed by atoms with Crippen molar-refractivity contribution in [2.75, 3.05) is 12.4 Å². The monoisotopic (exact) mass is 333 g/mol. The summed E-state index contributed by atoms with van der Waals surface area (Å²) in [4.78, 5) is 12.3. The lowest BCUT2D eigenvalue weighted by Crippen LogP contribution is -2.11. The summed E-state index contributed by atoms with van der Waals surface area (Å²) in [5.74, 6) is 1.95. The van der Waals surface area contributed by atoms with Crippen molar-refractivity contribution in [2.45, 2.75) is 6.92 Å². The molecule has 0 saturated heterocycles. The summed E-state index contributed by atoms with van der Waals surface area (Å²) in [6, 6.07) is 22.1. The molecule has 3 aromatic carbocycles. The van der Waals surface area contributed by atoms with E-state index in [9.17, 15) is 4.79 Å². The first kappa shape index (κ1) is 16.6. The molecule has 1 amide bonds. The Balaban J connectivity index is 1.66. The summed E-state index contributed by atoms with van der Waals surface area (Å²) in [5.41, 5.74) is 2.42. The van der Waals surface area contributed by atoms with Gasteiger partial charge in [-0.25, -0.2) is 0 Å². The zero-order valence-electron chi connectivity index (χ0n) is 14.2. The van der Waals surface area contributed by atoms with Gasteiger partial charge in [0.05, 0.1) is 7.11 Å². The Kier molecular flexibility index (Phi) is 5.00. The first-order valence-corrected chi connectivity index (χ1v) is 7.94. The molecule has 1 N–H and O–H groups in total. The molecule has 0 saturated carbocycles. The molecule has 0 bridgehead atoms. The third-order valence-electron chi connectivity index (χ3n) is 3.70. The number of aryl methyl sites for hydroxylation is 1. The quantitative estimate of drug-likeness (QED) is 0.711. The predicted molar refractivity (Wildman–Crippen MR) is 98.6 cm³/mol. The van der Waals surface area contributed by atoms with E-state index < -0.39 is 0 Å². The Bertz CT molecular complexity index is 855. The Morgan fingerprint density at radius 1 is 0.840 bits per heavy atom. The van der Waals surface area contributed by atoms with Crippen LogP contribution < -0.4 is 14.8 Å². The van der Waals surface area contributed by atoms with Crippen LogP contribution in [0.3, 0.4) is 0 Å². The SMILES string of the molecule is COc1cccc(NC(=O)c2ccc(Oc3ccc(C)cc3)cc2)c1. The first-order chi connectivity index (χ1) is 12.1. The predicted octanol–water partition coefficient (Wildman–Crippen LogP) is 5.05. The fourth-order valence-electron chi connectivity index (χ4n) is 2.32. The van der Waals surface area contributed by atoms with Crippen molar-refractivity contribution in [3.05, 3.63) is 83.9 Å². The smallest absolute Gasteiger partial charge is 0.255 e. The Labute approximate surface area is 147 Å². The summed E-state index contributed by atoms with van der Waals surface area (Å²) in [6.45, 7) is 2.03. The van der Waals surface area contributed by atoms with Crippen LogP contribution in [-0.2, 0) is 0 Å². The molecule has 0 aliphatic rings. The van der Waals surface area contributed by atoms with Crippen LogP contribution in [0.2, 0.25) is 0 Å². The largest absolute Gasteiger partial charge is 0.497 e. The normalized spacial score (nSPS) is 10.2. The molecule has 0 heterocycles. The molecule has 126 valence electrons. The maximum absolute atomic E-state index is 12.3. The number of amides is 1. The van der Waals surface area contributed by atoms with Gasteiger partial charge in [-0.15, -0.1) is 0 Å². The summed E-state index contributed by atoms with van der Waals surface area (Å²) in [5, 5.41) is 2.85. The highest BCUT2D eigenvalue weighted by molar-refractivity contribution is 6.04. The zero-order valence-corrected chi connectivity index (χ0v) is 14.2. The van der Waals surface area contributed by atoms with Gasteiger partial charge in [-0.1, -0.05) is 23.8 Å². The summed E-state index contributed by atoms with van der Waals surface area (Å²) < 4.78 is 10.9. The van der Waals surface area contributed by atoms with E-state index in [-0.39, 0.29) is 5.91 Å². The molecule has 4 heteroatoms. The van der Waals surface area contributed by atoms with Crippen molar-refractivity contribution in [3.63, 3.8) is 0 Å². The molecule has 0 spiro atoms. The van der Waals surface area contributed by atoms with E-state index in [4.69, 9.17) is 9.47 Å². The molecule has 0 aliphatic carbocycles. The van der Waals surface area contributed by atoms with Gasteiger partial charge in [0.25, 0.3) is 5.91 Å². The molecule has 0 aliphatic heterocycles. The lowest BCUT2D eigenvalue weighted by Gasteiger charge is -2.09. The molecule has 0 atom stereocenters. The molecule has 3 aromatic rings. The second-order valence-corrected chi connectivity index (χ2v) is 5.63. The van der Waals surface area contributed by atoms with Gasteiger partial charge in [0.2, 0.25) is 0 Å². The van der Waals surface area contributed by atoms with E-state index in [1.54, 1.807) is 37.4 Å². The number of hydrogen-bond acceptors (Lipinski definition) is 3. The highest BCUT2D eigenvalue weighted by Crippen LogP contribution is 2.23. The van der Waals surface area contributed by atoms with Gasteiger partial charge >= 0.3 is 0 Å². The van der Waals surface area contributed by atoms with Crippen LogP contribution in [0.15, 0.2) is 72.8 Å². The Morgan fingerprint density at radius 3 is 2.12 bits per heavy atom. The van der Waals surface area contributed by atoms with Crippen molar-refractivity contribution in [3.8, 4) is 17.2 Å². The number of benzene rings is 3. The molecular formula is C21H19NO3. The molecule has 25 heavy (non-hydrogen) atoms. The molecular weight excluding hydrogens is 314 g/mol. The van der Waals surface area contributed by atoms with Gasteiger partial charge in [0.1, 0.15) is 17.2 Å². The highest BCUT2D eigenvalue weighted by atomic mass is 16.5. The van der Waals surface area contributed by atoms with Crippen molar-refractivity contribution in [1.29, 1.82) is 0 Å². The van der Waals surface area contributed by atoms with E-state index in [0.29, 0.717) is 22.7 Å². The maximum Gasteiger partial charge on any atom is 0.255 e. The Morgan fingerprint density at radius 2 is 1.48 bits per heavy atom. The number of hydrogen-bond donors (Lipinski definition) is 1. The van der Waals surface area contributed by atoms with E-state index >= 15 is 0 Å². The third-order valence-corrected chi connectivity index (χ3v) is 3.70. The molecule has 0 radical (unpaired) electrons. The Hall–Kier alpha value is -3.27. The van der Waals surface area contributed by atoms with Crippen LogP contribution in [-0.4, -0.2) is 13.0 Å². The summed E-state index contributed by atoms with van der Waals surface area (Å²) in [6.07, 6.45) is 0. The van der Waals surface area contributed by atoms with Crippen LogP contribution in [0, 0.1) is 6.92 Å². The zero-order chi connectivity index (χ0) is 17.6. The van der Waals surface area contributed by atoms with Gasteiger partial charge in [-0.2, -0.15) is 0 Å². The average molecular weight is 333 g/mol. The van der Waals surface area contributed by atoms with Gasteiger partial charge < -0.3 is 14.8 Å². The highest BCUT2D eigenvalue weighted by Gasteiger charge is 2.07. The number of carbonyl (C=O) groups is 1. The van der Waals surface area contributed by atoms with Crippen molar-refractivity contribution < 1.29 is 14.3 Å². The molecule has 0 fully saturated rings. The summed E-state index contributed by atoms with van der Waals surface area (Å²) >= 11 is 0. The van der Waals surface area contributed by atoms with Gasteiger partial charge in [0.15, 0.2) is 0 Å². The van der Waals surface area contributed by atoms with Crippen LogP contribution in [0.4, 0.5) is 5.69 Å². The number of carbonyl (C=O) groups excluding carboxylic acids is 1. The lowest BCUT2D eigenvalue weighted by molar-refractivity contribution is 0.102. The number of methoxy groups -OCH3 is 1. The molecule has 0 aromatic heterocycles. The maximum atomic E-state index is 12.3. The minimum absolute atomic E-state index is 0.185. The van der Waals surface area contributed by atoms with Crippen LogP contribution >= 0.6 is 0 Å². The standard InChI is InChI=1S/C21H19NO3/c1-15-6-10-18(11-7-15)25-19-12-8-16(9-13-19)21(23)22-17-4-3-5-20(14-17)24-2/h3-14H,1-2H3,(H,22,23). The minimum Gasteiger partial charge on any atom is -0.497 e. The number of anilines is 1. The topological polar surface area (TPSA) is 47.6 Å². The van der Waals surface area contributed by atoms with E-state index in [2.05, 4.69) is 5.32 Å². The van der Waals surface area contributed by atoms with E-state index in [0.717, 1.165) is 5.75 Å². The van der Waals surface area contributed by atoms with Gasteiger partial charge in [0, 0.05) is 17.3 Å². The average Bonchev–Trinajstić information content (AvgIpc) is 2.64. The second kappa shape index (κ2) is 7.53.